The number of aromatic amines is 1. The molecule has 230 valence electrons. The number of fused-ring (bicyclic) bond motifs is 1. The van der Waals surface area contributed by atoms with Gasteiger partial charge in [-0.3, -0.25) is 9.78 Å². The van der Waals surface area contributed by atoms with Gasteiger partial charge in [0.05, 0.1) is 11.6 Å². The van der Waals surface area contributed by atoms with Crippen LogP contribution in [0, 0.1) is 13.8 Å². The maximum atomic E-state index is 13.1. The number of hydrogen-bond acceptors (Lipinski definition) is 4. The average Bonchev–Trinajstić information content (AvgIpc) is 3.76. The fourth-order valence-corrected chi connectivity index (χ4v) is 7.07. The van der Waals surface area contributed by atoms with Crippen LogP contribution < -0.4 is 10.6 Å². The number of aromatic nitrogens is 2. The van der Waals surface area contributed by atoms with Crippen LogP contribution in [-0.4, -0.2) is 53.0 Å². The van der Waals surface area contributed by atoms with Crippen LogP contribution in [0.1, 0.15) is 85.9 Å². The van der Waals surface area contributed by atoms with Crippen molar-refractivity contribution in [3.8, 4) is 11.3 Å². The van der Waals surface area contributed by atoms with E-state index in [9.17, 15) is 9.59 Å². The number of aryl methyl sites for hydroxylation is 2. The molecule has 5 rings (SSSR count). The van der Waals surface area contributed by atoms with E-state index in [1.807, 2.05) is 37.8 Å². The quantitative estimate of drug-likeness (QED) is 0.174. The number of carbonyl (C=O) groups excluding carboxylic acids is 2. The highest BCUT2D eigenvalue weighted by atomic mass is 32.1. The first-order valence-electron chi connectivity index (χ1n) is 15.8. The summed E-state index contributed by atoms with van der Waals surface area (Å²) in [5.41, 5.74) is 7.03. The number of urea groups is 1. The lowest BCUT2D eigenvalue weighted by Gasteiger charge is -2.19. The number of rotatable bonds is 10. The molecule has 1 fully saturated rings. The minimum atomic E-state index is -0.160. The molecule has 0 bridgehead atoms. The monoisotopic (exact) mass is 601 g/mol. The van der Waals surface area contributed by atoms with E-state index in [0.717, 1.165) is 58.7 Å². The Kier molecular flexibility index (Phi) is 11.4. The van der Waals surface area contributed by atoms with Crippen molar-refractivity contribution in [1.29, 1.82) is 0 Å². The van der Waals surface area contributed by atoms with E-state index in [0.29, 0.717) is 19.5 Å². The van der Waals surface area contributed by atoms with Gasteiger partial charge in [0.1, 0.15) is 4.83 Å². The molecular formula is C35H47N5O2S. The van der Waals surface area contributed by atoms with Crippen LogP contribution in [0.5, 0.6) is 0 Å². The molecule has 0 saturated carbocycles. The number of nitrogens with zero attached hydrogens (tertiary/aromatic N) is 2. The van der Waals surface area contributed by atoms with Crippen LogP contribution in [0.25, 0.3) is 21.5 Å². The molecule has 3 N–H and O–H groups in total. The first kappa shape index (κ1) is 32.3. The van der Waals surface area contributed by atoms with Crippen molar-refractivity contribution in [3.63, 3.8) is 0 Å². The number of amides is 3. The van der Waals surface area contributed by atoms with Gasteiger partial charge in [0.25, 0.3) is 0 Å². The molecule has 1 aliphatic heterocycles. The maximum Gasteiger partial charge on any atom is 0.314 e. The zero-order chi connectivity index (χ0) is 30.9. The molecule has 3 aromatic heterocycles. The van der Waals surface area contributed by atoms with Crippen LogP contribution in [0.15, 0.2) is 48.8 Å². The topological polar surface area (TPSA) is 90.1 Å². The molecule has 7 nitrogen and oxygen atoms in total. The van der Waals surface area contributed by atoms with Crippen molar-refractivity contribution in [2.75, 3.05) is 26.2 Å². The molecule has 4 heterocycles. The summed E-state index contributed by atoms with van der Waals surface area (Å²) in [6, 6.07) is 12.6. The van der Waals surface area contributed by atoms with Crippen LogP contribution in [0.2, 0.25) is 0 Å². The van der Waals surface area contributed by atoms with Gasteiger partial charge < -0.3 is 20.5 Å². The standard InChI is InChI=1S/C33H41N5O2S.C2H6/c1-5-24(25-8-11-34-12-9-25)20-36-33(40)35-13-10-27-28-19-29(23(4)32(39)38-14-6-7-15-38)41-31(28)37-30(27)26-17-21(2)16-22(3)18-26;1-2/h8-9,11-12,16-19,23-24,37H,5-7,10,13-15,20H2,1-4H3,(H2,35,36,40);1-2H3. The number of thiophene rings is 1. The highest BCUT2D eigenvalue weighted by Crippen LogP contribution is 2.39. The second-order valence-corrected chi connectivity index (χ2v) is 12.4. The Hall–Kier alpha value is -3.65. The lowest BCUT2D eigenvalue weighted by molar-refractivity contribution is -0.131. The van der Waals surface area contributed by atoms with E-state index < -0.39 is 0 Å². The van der Waals surface area contributed by atoms with E-state index in [4.69, 9.17) is 0 Å². The van der Waals surface area contributed by atoms with Crippen LogP contribution >= 0.6 is 11.3 Å². The molecule has 43 heavy (non-hydrogen) atoms. The summed E-state index contributed by atoms with van der Waals surface area (Å²) >= 11 is 1.67. The Morgan fingerprint density at radius 3 is 2.35 bits per heavy atom. The minimum Gasteiger partial charge on any atom is -0.346 e. The Bertz CT molecular complexity index is 1480. The zero-order valence-corrected chi connectivity index (χ0v) is 27.4. The number of likely N-dealkylation sites (tertiary alicyclic amines) is 1. The third-order valence-corrected chi connectivity index (χ3v) is 9.41. The molecular weight excluding hydrogens is 554 g/mol. The summed E-state index contributed by atoms with van der Waals surface area (Å²) in [5.74, 6) is 0.309. The van der Waals surface area contributed by atoms with Crippen LogP contribution in [-0.2, 0) is 11.2 Å². The summed E-state index contributed by atoms with van der Waals surface area (Å²) in [4.78, 5) is 37.8. The van der Waals surface area contributed by atoms with Gasteiger partial charge in [-0.05, 0) is 93.5 Å². The second kappa shape index (κ2) is 15.2. The van der Waals surface area contributed by atoms with Crippen molar-refractivity contribution in [2.45, 2.75) is 79.1 Å². The smallest absolute Gasteiger partial charge is 0.314 e. The molecule has 8 heteroatoms. The molecule has 2 unspecified atom stereocenters. The molecule has 0 radical (unpaired) electrons. The molecule has 3 amide bonds. The highest BCUT2D eigenvalue weighted by Gasteiger charge is 2.27. The van der Waals surface area contributed by atoms with Crippen molar-refractivity contribution in [1.82, 2.24) is 25.5 Å². The summed E-state index contributed by atoms with van der Waals surface area (Å²) in [7, 11) is 0. The SMILES string of the molecule is CC.CCC(CNC(=O)NCCc1c(-c2cc(C)cc(C)c2)[nH]c2sc(C(C)C(=O)N3CCCC3)cc12)c1ccncc1. The summed E-state index contributed by atoms with van der Waals surface area (Å²) < 4.78 is 0. The fraction of sp³-hybridized carbons (Fsp3) is 0.457. The number of H-pyrrole nitrogens is 1. The maximum absolute atomic E-state index is 13.1. The van der Waals surface area contributed by atoms with E-state index in [-0.39, 0.29) is 23.8 Å². The van der Waals surface area contributed by atoms with E-state index in [2.05, 4.69) is 65.6 Å². The first-order valence-corrected chi connectivity index (χ1v) is 16.6. The first-order chi connectivity index (χ1) is 20.8. The number of benzene rings is 1. The molecule has 4 aromatic rings. The van der Waals surface area contributed by atoms with Gasteiger partial charge in [-0.15, -0.1) is 11.3 Å². The summed E-state index contributed by atoms with van der Waals surface area (Å²) in [6.45, 7) is 15.2. The lowest BCUT2D eigenvalue weighted by atomic mass is 9.98. The van der Waals surface area contributed by atoms with Crippen molar-refractivity contribution >= 4 is 33.5 Å². The van der Waals surface area contributed by atoms with Gasteiger partial charge in [-0.2, -0.15) is 0 Å². The second-order valence-electron chi connectivity index (χ2n) is 11.3. The van der Waals surface area contributed by atoms with Crippen molar-refractivity contribution < 1.29 is 9.59 Å². The summed E-state index contributed by atoms with van der Waals surface area (Å²) in [6.07, 6.45) is 7.39. The fourth-order valence-electron chi connectivity index (χ4n) is 5.94. The molecule has 1 aromatic carbocycles. The van der Waals surface area contributed by atoms with Crippen LogP contribution in [0.3, 0.4) is 0 Å². The van der Waals surface area contributed by atoms with Crippen LogP contribution in [0.4, 0.5) is 4.79 Å². The zero-order valence-electron chi connectivity index (χ0n) is 26.5. The average molecular weight is 602 g/mol. The van der Waals surface area contributed by atoms with E-state index in [1.54, 1.807) is 23.7 Å². The molecule has 0 aliphatic carbocycles. The Balaban J connectivity index is 0.00000207. The third-order valence-electron chi connectivity index (χ3n) is 8.18. The largest absolute Gasteiger partial charge is 0.346 e. The Morgan fingerprint density at radius 1 is 1.02 bits per heavy atom. The van der Waals surface area contributed by atoms with Gasteiger partial charge in [-0.25, -0.2) is 4.79 Å². The predicted molar refractivity (Wildman–Crippen MR) is 179 cm³/mol. The van der Waals surface area contributed by atoms with Crippen molar-refractivity contribution in [2.24, 2.45) is 0 Å². The van der Waals surface area contributed by atoms with Gasteiger partial charge in [-0.1, -0.05) is 38.0 Å². The van der Waals surface area contributed by atoms with Gasteiger partial charge in [0.2, 0.25) is 5.91 Å². The number of pyridine rings is 1. The molecule has 0 spiro atoms. The molecule has 2 atom stereocenters. The van der Waals surface area contributed by atoms with Crippen molar-refractivity contribution in [3.05, 3.63) is 75.9 Å². The number of carbonyl (C=O) groups is 2. The van der Waals surface area contributed by atoms with E-state index >= 15 is 0 Å². The number of nitrogens with one attached hydrogen (secondary N) is 3. The number of hydrogen-bond donors (Lipinski definition) is 3. The summed E-state index contributed by atoms with van der Waals surface area (Å²) in [5, 5.41) is 7.26. The van der Waals surface area contributed by atoms with Gasteiger partial charge in [0, 0.05) is 54.8 Å². The minimum absolute atomic E-state index is 0.159. The normalized spacial score (nSPS) is 14.2. The molecule has 1 aliphatic rings. The lowest BCUT2D eigenvalue weighted by Crippen LogP contribution is -2.38. The molecule has 1 saturated heterocycles. The Morgan fingerprint density at radius 2 is 1.70 bits per heavy atom. The predicted octanol–water partition coefficient (Wildman–Crippen LogP) is 7.70. The Labute approximate surface area is 260 Å². The van der Waals surface area contributed by atoms with E-state index in [1.165, 1.54) is 22.3 Å². The highest BCUT2D eigenvalue weighted by molar-refractivity contribution is 7.18. The van der Waals surface area contributed by atoms with Gasteiger partial charge in [0.15, 0.2) is 0 Å². The van der Waals surface area contributed by atoms with Gasteiger partial charge >= 0.3 is 6.03 Å². The third kappa shape index (κ3) is 7.85.